The molecule has 9 nitrogen and oxygen atoms in total. The number of aromatic nitrogens is 2. The van der Waals surface area contributed by atoms with Crippen LogP contribution in [0.25, 0.3) is 0 Å². The molecule has 0 atom stereocenters. The molecular formula is C14H21N5O4. The summed E-state index contributed by atoms with van der Waals surface area (Å²) in [5.74, 6) is 0.268. The molecule has 1 saturated heterocycles. The summed E-state index contributed by atoms with van der Waals surface area (Å²) < 4.78 is 5.30. The monoisotopic (exact) mass is 323 g/mol. The molecule has 1 aromatic rings. The minimum absolute atomic E-state index is 0.268. The van der Waals surface area contributed by atoms with Gasteiger partial charge in [0.1, 0.15) is 5.60 Å². The van der Waals surface area contributed by atoms with Crippen LogP contribution in [0.3, 0.4) is 0 Å². The van der Waals surface area contributed by atoms with Crippen LogP contribution < -0.4 is 10.9 Å². The summed E-state index contributed by atoms with van der Waals surface area (Å²) in [5.41, 5.74) is -0.879. The molecule has 1 aliphatic rings. The van der Waals surface area contributed by atoms with Crippen molar-refractivity contribution in [3.63, 3.8) is 0 Å². The van der Waals surface area contributed by atoms with E-state index in [1.54, 1.807) is 9.80 Å². The van der Waals surface area contributed by atoms with Gasteiger partial charge in [-0.2, -0.15) is 5.10 Å². The number of carbonyl (C=O) groups excluding carboxylic acids is 2. The van der Waals surface area contributed by atoms with Crippen LogP contribution in [0.1, 0.15) is 20.8 Å². The van der Waals surface area contributed by atoms with Gasteiger partial charge in [0.05, 0.1) is 0 Å². The van der Waals surface area contributed by atoms with Gasteiger partial charge < -0.3 is 14.5 Å². The highest BCUT2D eigenvalue weighted by Crippen LogP contribution is 2.12. The zero-order valence-corrected chi connectivity index (χ0v) is 13.5. The topological polar surface area (TPSA) is 108 Å². The molecule has 2 heterocycles. The summed E-state index contributed by atoms with van der Waals surface area (Å²) in [4.78, 5) is 38.1. The van der Waals surface area contributed by atoms with E-state index in [1.807, 2.05) is 20.8 Å². The average Bonchev–Trinajstić information content (AvgIpc) is 2.48. The first-order chi connectivity index (χ1) is 10.7. The number of aromatic amines is 1. The molecule has 0 aliphatic carbocycles. The SMILES string of the molecule is CC(C)(C)OC(=O)N1CCN(C(=O)Nc2ccc(=O)[nH]n2)CC1. The van der Waals surface area contributed by atoms with Crippen molar-refractivity contribution in [2.75, 3.05) is 31.5 Å². The summed E-state index contributed by atoms with van der Waals surface area (Å²) in [5, 5.41) is 8.55. The molecular weight excluding hydrogens is 302 g/mol. The number of hydrogen-bond acceptors (Lipinski definition) is 5. The molecule has 1 aromatic heterocycles. The van der Waals surface area contributed by atoms with Crippen molar-refractivity contribution >= 4 is 17.9 Å². The Morgan fingerprint density at radius 1 is 1.17 bits per heavy atom. The van der Waals surface area contributed by atoms with Crippen LogP contribution in [0.4, 0.5) is 15.4 Å². The number of ether oxygens (including phenoxy) is 1. The van der Waals surface area contributed by atoms with E-state index >= 15 is 0 Å². The molecule has 23 heavy (non-hydrogen) atoms. The van der Waals surface area contributed by atoms with E-state index < -0.39 is 5.60 Å². The second-order valence-electron chi connectivity index (χ2n) is 6.19. The maximum Gasteiger partial charge on any atom is 0.410 e. The summed E-state index contributed by atoms with van der Waals surface area (Å²) in [7, 11) is 0. The lowest BCUT2D eigenvalue weighted by Crippen LogP contribution is -2.52. The number of anilines is 1. The average molecular weight is 323 g/mol. The molecule has 0 saturated carbocycles. The van der Waals surface area contributed by atoms with Crippen LogP contribution in [0.5, 0.6) is 0 Å². The number of urea groups is 1. The highest BCUT2D eigenvalue weighted by atomic mass is 16.6. The number of piperazine rings is 1. The van der Waals surface area contributed by atoms with Crippen LogP contribution in [-0.2, 0) is 4.74 Å². The third-order valence-corrected chi connectivity index (χ3v) is 3.13. The van der Waals surface area contributed by atoms with Gasteiger partial charge in [0.15, 0.2) is 5.82 Å². The first-order valence-corrected chi connectivity index (χ1v) is 7.34. The lowest BCUT2D eigenvalue weighted by atomic mass is 10.2. The van der Waals surface area contributed by atoms with Gasteiger partial charge in [-0.25, -0.2) is 14.7 Å². The predicted molar refractivity (Wildman–Crippen MR) is 83.3 cm³/mol. The van der Waals surface area contributed by atoms with Crippen molar-refractivity contribution < 1.29 is 14.3 Å². The summed E-state index contributed by atoms with van der Waals surface area (Å²) >= 11 is 0. The summed E-state index contributed by atoms with van der Waals surface area (Å²) in [6, 6.07) is 2.38. The summed E-state index contributed by atoms with van der Waals surface area (Å²) in [6.07, 6.45) is -0.375. The fraction of sp³-hybridized carbons (Fsp3) is 0.571. The van der Waals surface area contributed by atoms with Crippen LogP contribution in [-0.4, -0.2) is 63.9 Å². The van der Waals surface area contributed by atoms with E-state index in [-0.39, 0.29) is 23.5 Å². The maximum atomic E-state index is 12.1. The van der Waals surface area contributed by atoms with Crippen molar-refractivity contribution in [3.05, 3.63) is 22.5 Å². The van der Waals surface area contributed by atoms with E-state index in [2.05, 4.69) is 15.5 Å². The van der Waals surface area contributed by atoms with Crippen LogP contribution in [0.15, 0.2) is 16.9 Å². The number of hydrogen-bond donors (Lipinski definition) is 2. The Morgan fingerprint density at radius 3 is 2.30 bits per heavy atom. The molecule has 0 bridgehead atoms. The molecule has 1 fully saturated rings. The Morgan fingerprint density at radius 2 is 1.78 bits per heavy atom. The number of amides is 3. The van der Waals surface area contributed by atoms with Gasteiger partial charge in [-0.05, 0) is 26.8 Å². The zero-order valence-electron chi connectivity index (χ0n) is 13.5. The van der Waals surface area contributed by atoms with E-state index in [9.17, 15) is 14.4 Å². The second-order valence-corrected chi connectivity index (χ2v) is 6.19. The lowest BCUT2D eigenvalue weighted by molar-refractivity contribution is 0.0174. The first-order valence-electron chi connectivity index (χ1n) is 7.34. The van der Waals surface area contributed by atoms with Gasteiger partial charge in [0, 0.05) is 32.2 Å². The highest BCUT2D eigenvalue weighted by Gasteiger charge is 2.27. The van der Waals surface area contributed by atoms with E-state index in [0.717, 1.165) is 0 Å². The zero-order chi connectivity index (χ0) is 17.0. The van der Waals surface area contributed by atoms with Crippen molar-refractivity contribution in [2.45, 2.75) is 26.4 Å². The highest BCUT2D eigenvalue weighted by molar-refractivity contribution is 5.88. The van der Waals surface area contributed by atoms with Crippen molar-refractivity contribution in [1.82, 2.24) is 20.0 Å². The van der Waals surface area contributed by atoms with Gasteiger partial charge in [-0.3, -0.25) is 10.1 Å². The normalized spacial score (nSPS) is 15.3. The molecule has 2 N–H and O–H groups in total. The number of nitrogens with one attached hydrogen (secondary N) is 2. The van der Waals surface area contributed by atoms with Gasteiger partial charge in [0.25, 0.3) is 5.56 Å². The number of carbonyl (C=O) groups is 2. The Balaban J connectivity index is 1.84. The lowest BCUT2D eigenvalue weighted by Gasteiger charge is -2.35. The van der Waals surface area contributed by atoms with E-state index in [1.165, 1.54) is 12.1 Å². The molecule has 0 aromatic carbocycles. The Hall–Kier alpha value is -2.58. The molecule has 1 aliphatic heterocycles. The number of rotatable bonds is 1. The summed E-state index contributed by atoms with van der Waals surface area (Å²) in [6.45, 7) is 7.04. The van der Waals surface area contributed by atoms with Crippen molar-refractivity contribution in [3.8, 4) is 0 Å². The third kappa shape index (κ3) is 4.97. The second kappa shape index (κ2) is 6.67. The Labute approximate surface area is 133 Å². The Kier molecular flexibility index (Phi) is 4.87. The fourth-order valence-corrected chi connectivity index (χ4v) is 2.02. The minimum Gasteiger partial charge on any atom is -0.444 e. The maximum absolute atomic E-state index is 12.1. The van der Waals surface area contributed by atoms with E-state index in [4.69, 9.17) is 4.74 Å². The van der Waals surface area contributed by atoms with Gasteiger partial charge >= 0.3 is 12.1 Å². The van der Waals surface area contributed by atoms with Gasteiger partial charge in [-0.1, -0.05) is 0 Å². The minimum atomic E-state index is -0.540. The molecule has 9 heteroatoms. The van der Waals surface area contributed by atoms with Gasteiger partial charge in [-0.15, -0.1) is 0 Å². The fourth-order valence-electron chi connectivity index (χ4n) is 2.02. The molecule has 3 amide bonds. The first kappa shape index (κ1) is 16.8. The molecule has 0 radical (unpaired) electrons. The standard InChI is InChI=1S/C14H21N5O4/c1-14(2,3)23-13(22)19-8-6-18(7-9-19)12(21)15-10-4-5-11(20)17-16-10/h4-5H,6-9H2,1-3H3,(H,17,20)(H,15,16,21). The van der Waals surface area contributed by atoms with E-state index in [0.29, 0.717) is 26.2 Å². The smallest absolute Gasteiger partial charge is 0.410 e. The van der Waals surface area contributed by atoms with Crippen LogP contribution >= 0.6 is 0 Å². The molecule has 0 spiro atoms. The van der Waals surface area contributed by atoms with Crippen molar-refractivity contribution in [1.29, 1.82) is 0 Å². The predicted octanol–water partition coefficient (Wildman–Crippen LogP) is 0.854. The van der Waals surface area contributed by atoms with Gasteiger partial charge in [0.2, 0.25) is 0 Å². The third-order valence-electron chi connectivity index (χ3n) is 3.13. The quantitative estimate of drug-likeness (QED) is 0.797. The molecule has 126 valence electrons. The largest absolute Gasteiger partial charge is 0.444 e. The number of nitrogens with zero attached hydrogens (tertiary/aromatic N) is 3. The van der Waals surface area contributed by atoms with Crippen molar-refractivity contribution in [2.24, 2.45) is 0 Å². The molecule has 2 rings (SSSR count). The van der Waals surface area contributed by atoms with Crippen LogP contribution in [0, 0.1) is 0 Å². The van der Waals surface area contributed by atoms with Crippen LogP contribution in [0.2, 0.25) is 0 Å². The Bertz CT molecular complexity index is 608. The molecule has 0 unspecified atom stereocenters. The number of H-pyrrole nitrogens is 1.